The van der Waals surface area contributed by atoms with Crippen LogP contribution in [0.4, 0.5) is 4.79 Å². The van der Waals surface area contributed by atoms with Gasteiger partial charge < -0.3 is 19.6 Å². The molecule has 0 aliphatic heterocycles. The molecule has 0 saturated carbocycles. The Morgan fingerprint density at radius 3 is 2.06 bits per heavy atom. The van der Waals surface area contributed by atoms with Crippen molar-refractivity contribution in [3.8, 4) is 0 Å². The number of rotatable bonds is 6. The minimum absolute atomic E-state index is 0.0767. The Morgan fingerprint density at radius 1 is 1.11 bits per heavy atom. The number of nitrogens with zero attached hydrogens (tertiary/aromatic N) is 2. The average molecular weight is 260 g/mol. The van der Waals surface area contributed by atoms with E-state index in [0.29, 0.717) is 13.1 Å². The molecule has 0 heterocycles. The van der Waals surface area contributed by atoms with E-state index in [4.69, 9.17) is 9.84 Å². The standard InChI is InChI=1S/C12H24N2O4/c1-12(2,3)18-11(17)14(7-6-10(15)16)9-8-13(4)5/h6-9H2,1-5H3,(H,15,16). The Bertz CT molecular complexity index is 284. The maximum Gasteiger partial charge on any atom is 0.410 e. The van der Waals surface area contributed by atoms with Crippen LogP contribution in [0.5, 0.6) is 0 Å². The third-order valence-electron chi connectivity index (χ3n) is 2.06. The topological polar surface area (TPSA) is 70.1 Å². The van der Waals surface area contributed by atoms with Crippen molar-refractivity contribution in [3.63, 3.8) is 0 Å². The number of carboxylic acids is 1. The smallest absolute Gasteiger partial charge is 0.410 e. The summed E-state index contributed by atoms with van der Waals surface area (Å²) in [4.78, 5) is 25.8. The molecule has 6 nitrogen and oxygen atoms in total. The molecular formula is C12H24N2O4. The van der Waals surface area contributed by atoms with E-state index in [1.54, 1.807) is 20.8 Å². The van der Waals surface area contributed by atoms with Crippen molar-refractivity contribution in [3.05, 3.63) is 0 Å². The zero-order valence-corrected chi connectivity index (χ0v) is 11.9. The van der Waals surface area contributed by atoms with Gasteiger partial charge in [0, 0.05) is 19.6 Å². The predicted octanol–water partition coefficient (Wildman–Crippen LogP) is 1.26. The van der Waals surface area contributed by atoms with E-state index in [-0.39, 0.29) is 13.0 Å². The zero-order chi connectivity index (χ0) is 14.3. The maximum absolute atomic E-state index is 11.9. The van der Waals surface area contributed by atoms with E-state index in [1.807, 2.05) is 19.0 Å². The first-order valence-corrected chi connectivity index (χ1v) is 5.96. The first-order valence-electron chi connectivity index (χ1n) is 5.96. The Labute approximate surface area is 109 Å². The summed E-state index contributed by atoms with van der Waals surface area (Å²) >= 11 is 0. The zero-order valence-electron chi connectivity index (χ0n) is 11.9. The van der Waals surface area contributed by atoms with Crippen LogP contribution < -0.4 is 0 Å². The number of hydrogen-bond acceptors (Lipinski definition) is 4. The van der Waals surface area contributed by atoms with Crippen LogP contribution in [-0.4, -0.2) is 66.3 Å². The molecule has 6 heteroatoms. The van der Waals surface area contributed by atoms with Crippen molar-refractivity contribution in [2.45, 2.75) is 32.8 Å². The highest BCUT2D eigenvalue weighted by Gasteiger charge is 2.22. The third kappa shape index (κ3) is 8.81. The monoisotopic (exact) mass is 260 g/mol. The molecule has 0 bridgehead atoms. The number of carboxylic acid groups (broad SMARTS) is 1. The SMILES string of the molecule is CN(C)CCN(CCC(=O)O)C(=O)OC(C)(C)C. The van der Waals surface area contributed by atoms with Crippen LogP contribution in [-0.2, 0) is 9.53 Å². The Balaban J connectivity index is 4.43. The molecule has 0 aromatic rings. The summed E-state index contributed by atoms with van der Waals surface area (Å²) < 4.78 is 5.24. The second-order valence-electron chi connectivity index (χ2n) is 5.41. The van der Waals surface area contributed by atoms with Crippen LogP contribution in [0.3, 0.4) is 0 Å². The van der Waals surface area contributed by atoms with Crippen LogP contribution in [0.1, 0.15) is 27.2 Å². The molecule has 0 rings (SSSR count). The minimum atomic E-state index is -0.923. The fourth-order valence-electron chi connectivity index (χ4n) is 1.17. The molecule has 0 aliphatic carbocycles. The highest BCUT2D eigenvalue weighted by Crippen LogP contribution is 2.10. The third-order valence-corrected chi connectivity index (χ3v) is 2.06. The van der Waals surface area contributed by atoms with E-state index in [1.165, 1.54) is 4.90 Å². The lowest BCUT2D eigenvalue weighted by atomic mass is 10.2. The lowest BCUT2D eigenvalue weighted by molar-refractivity contribution is -0.137. The summed E-state index contributed by atoms with van der Waals surface area (Å²) in [5.41, 5.74) is -0.573. The second-order valence-corrected chi connectivity index (χ2v) is 5.41. The highest BCUT2D eigenvalue weighted by molar-refractivity contribution is 5.70. The largest absolute Gasteiger partial charge is 0.481 e. The molecule has 1 N–H and O–H groups in total. The van der Waals surface area contributed by atoms with Crippen LogP contribution in [0, 0.1) is 0 Å². The van der Waals surface area contributed by atoms with Crippen molar-refractivity contribution in [1.82, 2.24) is 9.80 Å². The van der Waals surface area contributed by atoms with Gasteiger partial charge in [0.1, 0.15) is 5.60 Å². The molecule has 0 spiro atoms. The second kappa shape index (κ2) is 7.20. The lowest BCUT2D eigenvalue weighted by Gasteiger charge is -2.27. The first kappa shape index (κ1) is 16.7. The first-order chi connectivity index (χ1) is 8.11. The maximum atomic E-state index is 11.9. The van der Waals surface area contributed by atoms with Gasteiger partial charge >= 0.3 is 12.1 Å². The number of aliphatic carboxylic acids is 1. The molecule has 0 atom stereocenters. The van der Waals surface area contributed by atoms with Gasteiger partial charge in [-0.2, -0.15) is 0 Å². The van der Waals surface area contributed by atoms with Gasteiger partial charge in [-0.05, 0) is 34.9 Å². The average Bonchev–Trinajstić information content (AvgIpc) is 2.13. The normalized spacial score (nSPS) is 11.4. The van der Waals surface area contributed by atoms with E-state index in [2.05, 4.69) is 0 Å². The molecule has 0 saturated heterocycles. The van der Waals surface area contributed by atoms with Gasteiger partial charge in [-0.1, -0.05) is 0 Å². The van der Waals surface area contributed by atoms with Gasteiger partial charge in [-0.25, -0.2) is 4.79 Å². The van der Waals surface area contributed by atoms with E-state index >= 15 is 0 Å². The summed E-state index contributed by atoms with van der Waals surface area (Å²) in [6.07, 6.45) is -0.544. The number of likely N-dealkylation sites (N-methyl/N-ethyl adjacent to an activating group) is 1. The van der Waals surface area contributed by atoms with E-state index < -0.39 is 17.7 Å². The summed E-state index contributed by atoms with van der Waals surface area (Å²) in [5, 5.41) is 8.66. The molecule has 0 aliphatic rings. The van der Waals surface area contributed by atoms with Crippen LogP contribution >= 0.6 is 0 Å². The lowest BCUT2D eigenvalue weighted by Crippen LogP contribution is -2.41. The summed E-state index contributed by atoms with van der Waals surface area (Å²) in [6, 6.07) is 0. The molecule has 0 unspecified atom stereocenters. The number of carbonyl (C=O) groups excluding carboxylic acids is 1. The molecular weight excluding hydrogens is 236 g/mol. The molecule has 106 valence electrons. The van der Waals surface area contributed by atoms with Crippen molar-refractivity contribution >= 4 is 12.1 Å². The van der Waals surface area contributed by atoms with Gasteiger partial charge in [0.2, 0.25) is 0 Å². The number of carbonyl (C=O) groups is 2. The summed E-state index contributed by atoms with van der Waals surface area (Å²) in [6.45, 7) is 6.64. The highest BCUT2D eigenvalue weighted by atomic mass is 16.6. The molecule has 0 aromatic heterocycles. The van der Waals surface area contributed by atoms with Gasteiger partial charge in [0.25, 0.3) is 0 Å². The van der Waals surface area contributed by atoms with Crippen molar-refractivity contribution in [1.29, 1.82) is 0 Å². The van der Waals surface area contributed by atoms with Crippen molar-refractivity contribution in [2.24, 2.45) is 0 Å². The fourth-order valence-corrected chi connectivity index (χ4v) is 1.17. The number of ether oxygens (including phenoxy) is 1. The molecule has 0 aromatic carbocycles. The summed E-state index contributed by atoms with van der Waals surface area (Å²) in [5.74, 6) is -0.923. The number of amides is 1. The van der Waals surface area contributed by atoms with Crippen LogP contribution in [0.25, 0.3) is 0 Å². The number of hydrogen-bond donors (Lipinski definition) is 1. The van der Waals surface area contributed by atoms with Gasteiger partial charge in [-0.3, -0.25) is 4.79 Å². The van der Waals surface area contributed by atoms with Gasteiger partial charge in [0.15, 0.2) is 0 Å². The van der Waals surface area contributed by atoms with Crippen LogP contribution in [0.2, 0.25) is 0 Å². The predicted molar refractivity (Wildman–Crippen MR) is 68.6 cm³/mol. The molecule has 0 radical (unpaired) electrons. The van der Waals surface area contributed by atoms with E-state index in [9.17, 15) is 9.59 Å². The van der Waals surface area contributed by atoms with Crippen LogP contribution in [0.15, 0.2) is 0 Å². The van der Waals surface area contributed by atoms with E-state index in [0.717, 1.165) is 0 Å². The summed E-state index contributed by atoms with van der Waals surface area (Å²) in [7, 11) is 3.79. The Hall–Kier alpha value is -1.30. The molecule has 1 amide bonds. The molecule has 0 fully saturated rings. The Morgan fingerprint density at radius 2 is 1.67 bits per heavy atom. The fraction of sp³-hybridized carbons (Fsp3) is 0.833. The minimum Gasteiger partial charge on any atom is -0.481 e. The van der Waals surface area contributed by atoms with Crippen molar-refractivity contribution < 1.29 is 19.4 Å². The van der Waals surface area contributed by atoms with Crippen molar-refractivity contribution in [2.75, 3.05) is 33.7 Å². The van der Waals surface area contributed by atoms with Gasteiger partial charge in [-0.15, -0.1) is 0 Å². The quantitative estimate of drug-likeness (QED) is 0.778. The molecule has 18 heavy (non-hydrogen) atoms. The Kier molecular flexibility index (Phi) is 6.68. The van der Waals surface area contributed by atoms with Gasteiger partial charge in [0.05, 0.1) is 6.42 Å².